The zero-order valence-electron chi connectivity index (χ0n) is 17.8. The van der Waals surface area contributed by atoms with Gasteiger partial charge in [-0.25, -0.2) is 9.67 Å². The predicted molar refractivity (Wildman–Crippen MR) is 131 cm³/mol. The molecule has 0 saturated carbocycles. The lowest BCUT2D eigenvalue weighted by Gasteiger charge is -2.30. The summed E-state index contributed by atoms with van der Waals surface area (Å²) in [7, 11) is 0. The molecule has 10 heteroatoms. The second-order valence-electron chi connectivity index (χ2n) is 7.92. The topological polar surface area (TPSA) is 55.6 Å². The van der Waals surface area contributed by atoms with Gasteiger partial charge < -0.3 is 5.32 Å². The quantitative estimate of drug-likeness (QED) is 0.281. The number of anilines is 1. The summed E-state index contributed by atoms with van der Waals surface area (Å²) in [4.78, 5) is 8.65. The van der Waals surface area contributed by atoms with Gasteiger partial charge in [-0.05, 0) is 35.4 Å². The molecule has 6 rings (SSSR count). The maximum Gasteiger partial charge on any atom is 0.453 e. The van der Waals surface area contributed by atoms with E-state index in [4.69, 9.17) is 16.6 Å². The fraction of sp³-hybridized carbons (Fsp3) is 0.0800. The van der Waals surface area contributed by atoms with Gasteiger partial charge in [0.1, 0.15) is 11.0 Å². The Morgan fingerprint density at radius 2 is 1.60 bits per heavy atom. The SMILES string of the molecule is FC(F)(F)c1nc2n(n1)[C@H](c1ccc(Cl)cc1)C(c1nc3ccccc3s1)=C(c1ccccc1)N2. The Balaban J connectivity index is 1.66. The third kappa shape index (κ3) is 3.86. The highest BCUT2D eigenvalue weighted by atomic mass is 35.5. The third-order valence-electron chi connectivity index (χ3n) is 5.68. The maximum atomic E-state index is 13.6. The molecule has 3 aromatic carbocycles. The number of allylic oxidation sites excluding steroid dienone is 1. The molecule has 3 heterocycles. The molecule has 1 aliphatic heterocycles. The molecule has 0 unspecified atom stereocenters. The van der Waals surface area contributed by atoms with Crippen molar-refractivity contribution < 1.29 is 13.2 Å². The Kier molecular flexibility index (Phi) is 5.12. The van der Waals surface area contributed by atoms with Crippen LogP contribution < -0.4 is 5.32 Å². The highest BCUT2D eigenvalue weighted by molar-refractivity contribution is 7.19. The highest BCUT2D eigenvalue weighted by Gasteiger charge is 2.41. The van der Waals surface area contributed by atoms with Gasteiger partial charge in [-0.1, -0.05) is 66.2 Å². The van der Waals surface area contributed by atoms with Crippen molar-refractivity contribution in [1.29, 1.82) is 0 Å². The number of halogens is 4. The van der Waals surface area contributed by atoms with Crippen molar-refractivity contribution in [3.63, 3.8) is 0 Å². The number of fused-ring (bicyclic) bond motifs is 2. The fourth-order valence-electron chi connectivity index (χ4n) is 4.14. The van der Waals surface area contributed by atoms with Crippen LogP contribution in [0.15, 0.2) is 78.9 Å². The molecule has 0 fully saturated rings. The van der Waals surface area contributed by atoms with E-state index in [1.807, 2.05) is 54.6 Å². The molecule has 0 amide bonds. The Bertz CT molecular complexity index is 1540. The molecule has 0 aliphatic carbocycles. The maximum absolute atomic E-state index is 13.6. The molecule has 1 atom stereocenters. The predicted octanol–water partition coefficient (Wildman–Crippen LogP) is 7.14. The summed E-state index contributed by atoms with van der Waals surface area (Å²) in [5, 5.41) is 8.20. The normalized spacial score (nSPS) is 15.8. The van der Waals surface area contributed by atoms with Crippen LogP contribution in [0, 0.1) is 0 Å². The molecule has 0 spiro atoms. The Morgan fingerprint density at radius 3 is 2.31 bits per heavy atom. The molecule has 5 aromatic rings. The number of nitrogens with zero attached hydrogens (tertiary/aromatic N) is 4. The molecule has 35 heavy (non-hydrogen) atoms. The lowest BCUT2D eigenvalue weighted by atomic mass is 9.93. The van der Waals surface area contributed by atoms with Crippen LogP contribution in [0.2, 0.25) is 5.02 Å². The number of rotatable bonds is 3. The Labute approximate surface area is 206 Å². The number of alkyl halides is 3. The first kappa shape index (κ1) is 21.8. The summed E-state index contributed by atoms with van der Waals surface area (Å²) in [6.07, 6.45) is -4.69. The summed E-state index contributed by atoms with van der Waals surface area (Å²) < 4.78 is 43.1. The number of thiazole rings is 1. The minimum Gasteiger partial charge on any atom is -0.323 e. The van der Waals surface area contributed by atoms with Crippen molar-refractivity contribution in [2.24, 2.45) is 0 Å². The molecule has 1 aliphatic rings. The standard InChI is InChI=1S/C25H15ClF3N5S/c26-16-12-10-15(11-13-16)21-19(22-30-17-8-4-5-9-18(17)35-22)20(14-6-2-1-3-7-14)31-24-32-23(25(27,28)29)33-34(21)24/h1-13,21H,(H,31,32,33)/t21-/m1/s1. The molecule has 174 valence electrons. The molecular formula is C25H15ClF3N5S. The van der Waals surface area contributed by atoms with E-state index >= 15 is 0 Å². The van der Waals surface area contributed by atoms with Gasteiger partial charge in [-0.2, -0.15) is 18.2 Å². The van der Waals surface area contributed by atoms with Crippen LogP contribution in [0.4, 0.5) is 19.1 Å². The molecule has 5 nitrogen and oxygen atoms in total. The minimum absolute atomic E-state index is 0.000916. The average Bonchev–Trinajstić information content (AvgIpc) is 3.48. The molecule has 0 radical (unpaired) electrons. The second-order valence-corrected chi connectivity index (χ2v) is 9.39. The van der Waals surface area contributed by atoms with E-state index in [2.05, 4.69) is 15.4 Å². The van der Waals surface area contributed by atoms with E-state index in [9.17, 15) is 13.2 Å². The summed E-state index contributed by atoms with van der Waals surface area (Å²) in [5.74, 6) is -1.21. The van der Waals surface area contributed by atoms with Crippen molar-refractivity contribution in [1.82, 2.24) is 19.7 Å². The lowest BCUT2D eigenvalue weighted by molar-refractivity contribution is -0.145. The zero-order chi connectivity index (χ0) is 24.2. The summed E-state index contributed by atoms with van der Waals surface area (Å²) in [5.41, 5.74) is 3.63. The number of aromatic nitrogens is 4. The van der Waals surface area contributed by atoms with Crippen LogP contribution in [0.1, 0.15) is 28.0 Å². The first-order chi connectivity index (χ1) is 16.9. The largest absolute Gasteiger partial charge is 0.453 e. The molecule has 2 aromatic heterocycles. The summed E-state index contributed by atoms with van der Waals surface area (Å²) >= 11 is 7.60. The van der Waals surface area contributed by atoms with E-state index in [-0.39, 0.29) is 5.95 Å². The first-order valence-electron chi connectivity index (χ1n) is 10.6. The first-order valence-corrected chi connectivity index (χ1v) is 11.8. The van der Waals surface area contributed by atoms with Crippen LogP contribution in [0.25, 0.3) is 21.5 Å². The minimum atomic E-state index is -4.69. The van der Waals surface area contributed by atoms with Crippen molar-refractivity contribution in [3.8, 4) is 0 Å². The van der Waals surface area contributed by atoms with Crippen molar-refractivity contribution in [2.45, 2.75) is 12.2 Å². The number of nitrogens with one attached hydrogen (secondary N) is 1. The van der Waals surface area contributed by atoms with Crippen molar-refractivity contribution in [3.05, 3.63) is 106 Å². The zero-order valence-corrected chi connectivity index (χ0v) is 19.4. The van der Waals surface area contributed by atoms with Gasteiger partial charge in [0, 0.05) is 10.6 Å². The van der Waals surface area contributed by atoms with Gasteiger partial charge in [0.05, 0.1) is 15.9 Å². The average molecular weight is 510 g/mol. The summed E-state index contributed by atoms with van der Waals surface area (Å²) in [6.45, 7) is 0. The van der Waals surface area contributed by atoms with Crippen molar-refractivity contribution in [2.75, 3.05) is 5.32 Å². The van der Waals surface area contributed by atoms with E-state index in [0.29, 0.717) is 26.9 Å². The smallest absolute Gasteiger partial charge is 0.323 e. The lowest BCUT2D eigenvalue weighted by Crippen LogP contribution is -2.24. The number of hydrogen-bond donors (Lipinski definition) is 1. The van der Waals surface area contributed by atoms with Gasteiger partial charge in [-0.3, -0.25) is 0 Å². The summed E-state index contributed by atoms with van der Waals surface area (Å²) in [6, 6.07) is 23.4. The van der Waals surface area contributed by atoms with Gasteiger partial charge in [-0.15, -0.1) is 16.4 Å². The fourth-order valence-corrected chi connectivity index (χ4v) is 5.31. The molecule has 0 saturated heterocycles. The molecule has 0 bridgehead atoms. The molecular weight excluding hydrogens is 495 g/mol. The van der Waals surface area contributed by atoms with E-state index in [0.717, 1.165) is 15.8 Å². The van der Waals surface area contributed by atoms with E-state index in [1.54, 1.807) is 24.3 Å². The van der Waals surface area contributed by atoms with Crippen molar-refractivity contribution >= 4 is 50.4 Å². The van der Waals surface area contributed by atoms with Crippen LogP contribution >= 0.6 is 22.9 Å². The third-order valence-corrected chi connectivity index (χ3v) is 7.00. The van der Waals surface area contributed by atoms with Crippen LogP contribution in [0.5, 0.6) is 0 Å². The highest BCUT2D eigenvalue weighted by Crippen LogP contribution is 2.46. The second kappa shape index (κ2) is 8.21. The number of hydrogen-bond acceptors (Lipinski definition) is 5. The van der Waals surface area contributed by atoms with Crippen LogP contribution in [0.3, 0.4) is 0 Å². The Morgan fingerprint density at radius 1 is 0.886 bits per heavy atom. The van der Waals surface area contributed by atoms with Gasteiger partial charge in [0.15, 0.2) is 0 Å². The Hall–Kier alpha value is -3.69. The van der Waals surface area contributed by atoms with Gasteiger partial charge in [0.25, 0.3) is 5.82 Å². The van der Waals surface area contributed by atoms with E-state index < -0.39 is 18.0 Å². The number of benzene rings is 3. The number of para-hydroxylation sites is 1. The van der Waals surface area contributed by atoms with Crippen LogP contribution in [-0.2, 0) is 6.18 Å². The van der Waals surface area contributed by atoms with E-state index in [1.165, 1.54) is 16.0 Å². The molecule has 1 N–H and O–H groups in total. The van der Waals surface area contributed by atoms with Crippen LogP contribution in [-0.4, -0.2) is 19.7 Å². The van der Waals surface area contributed by atoms with Gasteiger partial charge >= 0.3 is 6.18 Å². The monoisotopic (exact) mass is 509 g/mol. The van der Waals surface area contributed by atoms with Gasteiger partial charge in [0.2, 0.25) is 5.95 Å².